The van der Waals surface area contributed by atoms with Crippen LogP contribution in [0.2, 0.25) is 0 Å². The van der Waals surface area contributed by atoms with Crippen LogP contribution in [0.3, 0.4) is 0 Å². The van der Waals surface area contributed by atoms with E-state index in [-0.39, 0.29) is 12.5 Å². The van der Waals surface area contributed by atoms with E-state index in [0.717, 1.165) is 17.4 Å². The van der Waals surface area contributed by atoms with Crippen LogP contribution in [-0.2, 0) is 27.8 Å². The Morgan fingerprint density at radius 1 is 1.07 bits per heavy atom. The molecule has 0 bridgehead atoms. The van der Waals surface area contributed by atoms with Gasteiger partial charge in [0.1, 0.15) is 6.04 Å². The summed E-state index contributed by atoms with van der Waals surface area (Å²) in [4.78, 5) is 12.9. The molecule has 27 heavy (non-hydrogen) atoms. The number of carbonyl (C=O) groups is 1. The predicted octanol–water partition coefficient (Wildman–Crippen LogP) is 2.03. The molecule has 2 aromatic carbocycles. The highest BCUT2D eigenvalue weighted by molar-refractivity contribution is 7.88. The quantitative estimate of drug-likeness (QED) is 0.844. The van der Waals surface area contributed by atoms with Crippen molar-refractivity contribution in [1.29, 1.82) is 0 Å². The van der Waals surface area contributed by atoms with Gasteiger partial charge in [-0.25, -0.2) is 8.42 Å². The third-order valence-corrected chi connectivity index (χ3v) is 5.82. The molecule has 8 heteroatoms. The Bertz CT molecular complexity index is 958. The summed E-state index contributed by atoms with van der Waals surface area (Å²) in [7, 11) is -0.517. The fourth-order valence-corrected chi connectivity index (χ4v) is 4.22. The van der Waals surface area contributed by atoms with Crippen LogP contribution in [0.4, 0.5) is 5.69 Å². The molecule has 7 nitrogen and oxygen atoms in total. The number of sulfonamides is 1. The van der Waals surface area contributed by atoms with E-state index in [2.05, 4.69) is 5.32 Å². The van der Waals surface area contributed by atoms with E-state index in [9.17, 15) is 13.2 Å². The van der Waals surface area contributed by atoms with Crippen LogP contribution in [0.15, 0.2) is 42.5 Å². The van der Waals surface area contributed by atoms with Gasteiger partial charge in [0.15, 0.2) is 11.5 Å². The molecule has 2 aromatic rings. The molecule has 0 spiro atoms. The number of ether oxygens (including phenoxy) is 2. The number of nitrogens with zero attached hydrogens (tertiary/aromatic N) is 1. The van der Waals surface area contributed by atoms with Crippen LogP contribution in [0.25, 0.3) is 0 Å². The molecular weight excluding hydrogens is 368 g/mol. The van der Waals surface area contributed by atoms with Crippen molar-refractivity contribution in [1.82, 2.24) is 4.31 Å². The molecule has 0 fully saturated rings. The van der Waals surface area contributed by atoms with Crippen molar-refractivity contribution in [3.05, 3.63) is 53.6 Å². The van der Waals surface area contributed by atoms with Crippen LogP contribution < -0.4 is 14.8 Å². The summed E-state index contributed by atoms with van der Waals surface area (Å²) in [6, 6.07) is 11.7. The maximum atomic E-state index is 12.9. The fraction of sp³-hybridized carbons (Fsp3) is 0.316. The Hall–Kier alpha value is -2.58. The minimum Gasteiger partial charge on any atom is -0.493 e. The summed E-state index contributed by atoms with van der Waals surface area (Å²) in [6.45, 7) is 0.180. The minimum absolute atomic E-state index is 0.180. The highest BCUT2D eigenvalue weighted by atomic mass is 32.2. The van der Waals surface area contributed by atoms with Crippen LogP contribution in [0.1, 0.15) is 11.1 Å². The van der Waals surface area contributed by atoms with Crippen molar-refractivity contribution < 1.29 is 22.7 Å². The Balaban J connectivity index is 1.88. The molecule has 0 aliphatic carbocycles. The molecular formula is C19H22N2O5S. The van der Waals surface area contributed by atoms with Crippen molar-refractivity contribution >= 4 is 21.6 Å². The number of carbonyl (C=O) groups excluding carboxylic acids is 1. The van der Waals surface area contributed by atoms with E-state index >= 15 is 0 Å². The zero-order valence-corrected chi connectivity index (χ0v) is 16.2. The summed E-state index contributed by atoms with van der Waals surface area (Å²) in [5.41, 5.74) is 2.40. The number of nitrogens with one attached hydrogen (secondary N) is 1. The van der Waals surface area contributed by atoms with Gasteiger partial charge in [0.25, 0.3) is 0 Å². The molecule has 1 atom stereocenters. The summed E-state index contributed by atoms with van der Waals surface area (Å²) in [6.07, 6.45) is 1.44. The Kier molecular flexibility index (Phi) is 5.38. The molecule has 1 amide bonds. The van der Waals surface area contributed by atoms with Crippen molar-refractivity contribution in [3.63, 3.8) is 0 Å². The average molecular weight is 390 g/mol. The third kappa shape index (κ3) is 4.06. The second-order valence-corrected chi connectivity index (χ2v) is 8.29. The van der Waals surface area contributed by atoms with Gasteiger partial charge in [-0.15, -0.1) is 0 Å². The first-order chi connectivity index (χ1) is 12.8. The normalized spacial score (nSPS) is 17.1. The molecule has 144 valence electrons. The van der Waals surface area contributed by atoms with Crippen LogP contribution in [-0.4, -0.2) is 45.1 Å². The second-order valence-electron chi connectivity index (χ2n) is 6.36. The number of amides is 1. The lowest BCUT2D eigenvalue weighted by molar-refractivity contribution is -0.120. The van der Waals surface area contributed by atoms with Gasteiger partial charge in [-0.1, -0.05) is 24.3 Å². The van der Waals surface area contributed by atoms with E-state index in [4.69, 9.17) is 9.47 Å². The van der Waals surface area contributed by atoms with Gasteiger partial charge >= 0.3 is 0 Å². The van der Waals surface area contributed by atoms with Gasteiger partial charge in [0, 0.05) is 18.3 Å². The van der Waals surface area contributed by atoms with Crippen LogP contribution in [0, 0.1) is 0 Å². The first-order valence-corrected chi connectivity index (χ1v) is 10.2. The highest BCUT2D eigenvalue weighted by Gasteiger charge is 2.36. The lowest BCUT2D eigenvalue weighted by atomic mass is 9.95. The standard InChI is InChI=1S/C19H22N2O5S/c1-25-17-9-8-15(11-18(17)26-2)20-19(22)16-10-13-6-4-5-7-14(13)12-21(16)27(3,23)24/h4-9,11,16H,10,12H2,1-3H3,(H,20,22)/t16-/m0/s1. The molecule has 3 rings (SSSR count). The molecule has 0 unspecified atom stereocenters. The number of benzene rings is 2. The Morgan fingerprint density at radius 3 is 2.37 bits per heavy atom. The van der Waals surface area contributed by atoms with E-state index in [1.165, 1.54) is 18.5 Å². The summed E-state index contributed by atoms with van der Waals surface area (Å²) in [5.74, 6) is 0.631. The SMILES string of the molecule is COc1ccc(NC(=O)[C@@H]2Cc3ccccc3CN2S(C)(=O)=O)cc1OC. The number of anilines is 1. The average Bonchev–Trinajstić information content (AvgIpc) is 2.66. The van der Waals surface area contributed by atoms with E-state index in [0.29, 0.717) is 23.6 Å². The van der Waals surface area contributed by atoms with Gasteiger partial charge in [0.05, 0.1) is 20.5 Å². The Morgan fingerprint density at radius 2 is 1.74 bits per heavy atom. The van der Waals surface area contributed by atoms with Gasteiger partial charge in [-0.3, -0.25) is 4.79 Å². The minimum atomic E-state index is -3.55. The fourth-order valence-electron chi connectivity index (χ4n) is 3.21. The number of hydrogen-bond donors (Lipinski definition) is 1. The molecule has 1 aliphatic heterocycles. The smallest absolute Gasteiger partial charge is 0.243 e. The summed E-state index contributed by atoms with van der Waals surface area (Å²) >= 11 is 0. The number of hydrogen-bond acceptors (Lipinski definition) is 5. The molecule has 0 aromatic heterocycles. The van der Waals surface area contributed by atoms with E-state index in [1.807, 2.05) is 24.3 Å². The number of rotatable bonds is 5. The summed E-state index contributed by atoms with van der Waals surface area (Å²) < 4.78 is 36.2. The van der Waals surface area contributed by atoms with Gasteiger partial charge in [0.2, 0.25) is 15.9 Å². The second kappa shape index (κ2) is 7.58. The van der Waals surface area contributed by atoms with E-state index in [1.54, 1.807) is 18.2 Å². The largest absolute Gasteiger partial charge is 0.493 e. The lowest BCUT2D eigenvalue weighted by Crippen LogP contribution is -2.50. The van der Waals surface area contributed by atoms with Crippen LogP contribution >= 0.6 is 0 Å². The van der Waals surface area contributed by atoms with Crippen LogP contribution in [0.5, 0.6) is 11.5 Å². The molecule has 0 saturated heterocycles. The number of methoxy groups -OCH3 is 2. The molecule has 0 saturated carbocycles. The monoisotopic (exact) mass is 390 g/mol. The highest BCUT2D eigenvalue weighted by Crippen LogP contribution is 2.31. The van der Waals surface area contributed by atoms with Gasteiger partial charge < -0.3 is 14.8 Å². The first kappa shape index (κ1) is 19.2. The first-order valence-electron chi connectivity index (χ1n) is 8.40. The molecule has 1 aliphatic rings. The van der Waals surface area contributed by atoms with Crippen molar-refractivity contribution in [2.45, 2.75) is 19.0 Å². The molecule has 0 radical (unpaired) electrons. The maximum absolute atomic E-state index is 12.9. The lowest BCUT2D eigenvalue weighted by Gasteiger charge is -2.34. The Labute approximate surface area is 158 Å². The van der Waals surface area contributed by atoms with Gasteiger partial charge in [-0.2, -0.15) is 4.31 Å². The van der Waals surface area contributed by atoms with Crippen molar-refractivity contribution in [3.8, 4) is 11.5 Å². The molecule has 1 N–H and O–H groups in total. The topological polar surface area (TPSA) is 84.9 Å². The molecule has 1 heterocycles. The summed E-state index contributed by atoms with van der Waals surface area (Å²) in [5, 5.41) is 2.79. The maximum Gasteiger partial charge on any atom is 0.243 e. The zero-order chi connectivity index (χ0) is 19.6. The van der Waals surface area contributed by atoms with Gasteiger partial charge in [-0.05, 0) is 29.7 Å². The third-order valence-electron chi connectivity index (χ3n) is 4.59. The zero-order valence-electron chi connectivity index (χ0n) is 15.4. The predicted molar refractivity (Wildman–Crippen MR) is 102 cm³/mol. The van der Waals surface area contributed by atoms with Crippen molar-refractivity contribution in [2.24, 2.45) is 0 Å². The number of fused-ring (bicyclic) bond motifs is 1. The van der Waals surface area contributed by atoms with Crippen molar-refractivity contribution in [2.75, 3.05) is 25.8 Å². The van der Waals surface area contributed by atoms with E-state index < -0.39 is 16.1 Å².